The van der Waals surface area contributed by atoms with E-state index in [1.54, 1.807) is 11.1 Å². The van der Waals surface area contributed by atoms with Crippen LogP contribution in [0.4, 0.5) is 4.79 Å². The van der Waals surface area contributed by atoms with E-state index in [1.165, 1.54) is 0 Å². The lowest BCUT2D eigenvalue weighted by molar-refractivity contribution is 0.0580. The minimum atomic E-state index is -0.846. The van der Waals surface area contributed by atoms with Crippen molar-refractivity contribution in [1.82, 2.24) is 14.9 Å². The molecular formula is C19H22BrN3O2. The number of carboxylic acid groups (broad SMARTS) is 1. The van der Waals surface area contributed by atoms with Crippen LogP contribution in [0.3, 0.4) is 0 Å². The number of nitrogens with zero attached hydrogens (tertiary/aromatic N) is 2. The Bertz CT molecular complexity index is 824. The van der Waals surface area contributed by atoms with Gasteiger partial charge in [0, 0.05) is 4.47 Å². The first-order valence-corrected chi connectivity index (χ1v) is 9.36. The highest BCUT2D eigenvalue weighted by Crippen LogP contribution is 2.68. The van der Waals surface area contributed by atoms with Crippen molar-refractivity contribution in [2.45, 2.75) is 45.2 Å². The molecule has 25 heavy (non-hydrogen) atoms. The first kappa shape index (κ1) is 16.6. The fourth-order valence-electron chi connectivity index (χ4n) is 4.64. The van der Waals surface area contributed by atoms with Crippen molar-refractivity contribution >= 4 is 22.0 Å². The summed E-state index contributed by atoms with van der Waals surface area (Å²) in [6, 6.07) is 7.80. The van der Waals surface area contributed by atoms with E-state index in [0.29, 0.717) is 5.92 Å². The van der Waals surface area contributed by atoms with Gasteiger partial charge in [-0.3, -0.25) is 4.90 Å². The van der Waals surface area contributed by atoms with Gasteiger partial charge >= 0.3 is 6.09 Å². The molecule has 132 valence electrons. The molecule has 2 aliphatic rings. The van der Waals surface area contributed by atoms with E-state index in [-0.39, 0.29) is 17.0 Å². The second-order valence-electron chi connectivity index (χ2n) is 8.17. The number of rotatable bonds is 2. The lowest BCUT2D eigenvalue weighted by Gasteiger charge is -2.39. The summed E-state index contributed by atoms with van der Waals surface area (Å²) in [6.45, 7) is 6.42. The molecule has 2 aromatic rings. The number of piperidine rings is 1. The number of halogens is 1. The lowest BCUT2D eigenvalue weighted by Crippen LogP contribution is -2.48. The van der Waals surface area contributed by atoms with E-state index in [4.69, 9.17) is 0 Å². The number of aromatic amines is 1. The summed E-state index contributed by atoms with van der Waals surface area (Å²) in [6.07, 6.45) is 2.75. The minimum absolute atomic E-state index is 0.0774. The third-order valence-corrected chi connectivity index (χ3v) is 6.42. The molecule has 1 saturated carbocycles. The first-order valence-electron chi connectivity index (χ1n) is 8.57. The monoisotopic (exact) mass is 403 g/mol. The summed E-state index contributed by atoms with van der Waals surface area (Å²) in [5, 5.41) is 9.90. The molecule has 1 aliphatic heterocycles. The Hall–Kier alpha value is -1.82. The van der Waals surface area contributed by atoms with Crippen molar-refractivity contribution in [2.24, 2.45) is 11.3 Å². The molecule has 1 aromatic heterocycles. The van der Waals surface area contributed by atoms with E-state index < -0.39 is 6.09 Å². The second kappa shape index (κ2) is 5.34. The van der Waals surface area contributed by atoms with Gasteiger partial charge in [-0.1, -0.05) is 48.8 Å². The highest BCUT2D eigenvalue weighted by Gasteiger charge is 2.72. The normalized spacial score (nSPS) is 28.1. The molecular weight excluding hydrogens is 382 g/mol. The average molecular weight is 404 g/mol. The van der Waals surface area contributed by atoms with Gasteiger partial charge in [-0.05, 0) is 41.9 Å². The Balaban J connectivity index is 1.67. The number of hydrogen-bond acceptors (Lipinski definition) is 2. The van der Waals surface area contributed by atoms with E-state index in [0.717, 1.165) is 34.4 Å². The molecule has 4 rings (SSSR count). The lowest BCUT2D eigenvalue weighted by atomic mass is 9.82. The molecule has 1 saturated heterocycles. The predicted octanol–water partition coefficient (Wildman–Crippen LogP) is 5.07. The van der Waals surface area contributed by atoms with Crippen LogP contribution in [-0.2, 0) is 0 Å². The van der Waals surface area contributed by atoms with Gasteiger partial charge in [0.15, 0.2) is 0 Å². The summed E-state index contributed by atoms with van der Waals surface area (Å²) >= 11 is 3.44. The van der Waals surface area contributed by atoms with E-state index in [1.807, 2.05) is 24.3 Å². The number of H-pyrrole nitrogens is 1. The maximum atomic E-state index is 12.1. The number of nitrogens with one attached hydrogen (secondary N) is 1. The zero-order valence-corrected chi connectivity index (χ0v) is 16.2. The molecule has 1 aromatic carbocycles. The number of fused-ring (bicyclic) bond motifs is 1. The summed E-state index contributed by atoms with van der Waals surface area (Å²) in [5.74, 6) is 1.17. The number of aromatic nitrogens is 2. The van der Waals surface area contributed by atoms with Gasteiger partial charge < -0.3 is 10.1 Å². The highest BCUT2D eigenvalue weighted by atomic mass is 79.9. The number of amides is 1. The zero-order chi connectivity index (χ0) is 18.0. The van der Waals surface area contributed by atoms with Crippen LogP contribution in [0.5, 0.6) is 0 Å². The predicted molar refractivity (Wildman–Crippen MR) is 99.2 cm³/mol. The molecule has 2 N–H and O–H groups in total. The number of benzene rings is 1. The third-order valence-electron chi connectivity index (χ3n) is 5.89. The van der Waals surface area contributed by atoms with Crippen LogP contribution in [0.2, 0.25) is 0 Å². The Morgan fingerprint density at radius 1 is 1.36 bits per heavy atom. The zero-order valence-electron chi connectivity index (χ0n) is 14.6. The van der Waals surface area contributed by atoms with Crippen LogP contribution in [-0.4, -0.2) is 31.6 Å². The summed E-state index contributed by atoms with van der Waals surface area (Å²) in [5.41, 5.74) is 1.62. The van der Waals surface area contributed by atoms with E-state index >= 15 is 0 Å². The SMILES string of the molecule is CC(C)(C)[C@@]12C[C@H]1C[C@@H](c1ncc(-c3ccc(Br)cc3)[nH]1)N2C(=O)O. The number of hydrogen-bond donors (Lipinski definition) is 2. The van der Waals surface area contributed by atoms with E-state index in [2.05, 4.69) is 46.7 Å². The summed E-state index contributed by atoms with van der Waals surface area (Å²) in [4.78, 5) is 21.6. The summed E-state index contributed by atoms with van der Waals surface area (Å²) < 4.78 is 1.02. The van der Waals surface area contributed by atoms with Crippen LogP contribution < -0.4 is 0 Å². The van der Waals surface area contributed by atoms with Crippen molar-refractivity contribution in [2.75, 3.05) is 0 Å². The quantitative estimate of drug-likeness (QED) is 0.735. The maximum Gasteiger partial charge on any atom is 0.408 e. The van der Waals surface area contributed by atoms with Crippen LogP contribution in [0.15, 0.2) is 34.9 Å². The van der Waals surface area contributed by atoms with Gasteiger partial charge in [-0.15, -0.1) is 0 Å². The van der Waals surface area contributed by atoms with Crippen molar-refractivity contribution < 1.29 is 9.90 Å². The first-order chi connectivity index (χ1) is 11.7. The van der Waals surface area contributed by atoms with Crippen LogP contribution in [0.1, 0.15) is 45.5 Å². The molecule has 1 amide bonds. The Morgan fingerprint density at radius 2 is 2.04 bits per heavy atom. The van der Waals surface area contributed by atoms with Crippen LogP contribution >= 0.6 is 15.9 Å². The molecule has 3 atom stereocenters. The Morgan fingerprint density at radius 3 is 2.64 bits per heavy atom. The maximum absolute atomic E-state index is 12.1. The van der Waals surface area contributed by atoms with Crippen LogP contribution in [0, 0.1) is 11.3 Å². The molecule has 1 aliphatic carbocycles. The number of carbonyl (C=O) groups is 1. The Labute approximate surface area is 155 Å². The molecule has 5 nitrogen and oxygen atoms in total. The number of imidazole rings is 1. The van der Waals surface area contributed by atoms with Gasteiger partial charge in [0.25, 0.3) is 0 Å². The molecule has 0 bridgehead atoms. The fraction of sp³-hybridized carbons (Fsp3) is 0.474. The van der Waals surface area contributed by atoms with Crippen molar-refractivity contribution in [1.29, 1.82) is 0 Å². The molecule has 0 spiro atoms. The van der Waals surface area contributed by atoms with Crippen molar-refractivity contribution in [3.8, 4) is 11.3 Å². The molecule has 0 radical (unpaired) electrons. The smallest absolute Gasteiger partial charge is 0.408 e. The van der Waals surface area contributed by atoms with Gasteiger partial charge in [0.05, 0.1) is 23.5 Å². The van der Waals surface area contributed by atoms with Crippen molar-refractivity contribution in [3.05, 3.63) is 40.8 Å². The number of likely N-dealkylation sites (tertiary alicyclic amines) is 1. The van der Waals surface area contributed by atoms with Gasteiger partial charge in [-0.2, -0.15) is 0 Å². The molecule has 0 unspecified atom stereocenters. The second-order valence-corrected chi connectivity index (χ2v) is 9.08. The standard InChI is InChI=1S/C19H22BrN3O2/c1-18(2,3)19-9-12(19)8-15(23(19)17(24)25)16-21-10-14(22-16)11-4-6-13(20)7-5-11/h4-7,10,12,15H,8-9H2,1-3H3,(H,21,22)(H,24,25)/t12-,15+,19-/m1/s1. The van der Waals surface area contributed by atoms with Crippen LogP contribution in [0.25, 0.3) is 11.3 Å². The average Bonchev–Trinajstić information content (AvgIpc) is 2.95. The van der Waals surface area contributed by atoms with Gasteiger partial charge in [-0.25, -0.2) is 9.78 Å². The van der Waals surface area contributed by atoms with E-state index in [9.17, 15) is 9.90 Å². The minimum Gasteiger partial charge on any atom is -0.465 e. The highest BCUT2D eigenvalue weighted by molar-refractivity contribution is 9.10. The summed E-state index contributed by atoms with van der Waals surface area (Å²) in [7, 11) is 0. The van der Waals surface area contributed by atoms with Gasteiger partial charge in [0.2, 0.25) is 0 Å². The topological polar surface area (TPSA) is 69.2 Å². The van der Waals surface area contributed by atoms with Crippen molar-refractivity contribution in [3.63, 3.8) is 0 Å². The third kappa shape index (κ3) is 2.41. The molecule has 2 fully saturated rings. The van der Waals surface area contributed by atoms with Gasteiger partial charge in [0.1, 0.15) is 5.82 Å². The Kier molecular flexibility index (Phi) is 3.55. The fourth-order valence-corrected chi connectivity index (χ4v) is 4.91. The molecule has 6 heteroatoms. The largest absolute Gasteiger partial charge is 0.465 e. The molecule has 2 heterocycles.